The van der Waals surface area contributed by atoms with Crippen molar-refractivity contribution in [3.8, 4) is 5.75 Å². The molecule has 0 unspecified atom stereocenters. The van der Waals surface area contributed by atoms with Crippen LogP contribution in [0.3, 0.4) is 0 Å². The topological polar surface area (TPSA) is 32.6 Å². The number of benzene rings is 2. The van der Waals surface area contributed by atoms with Gasteiger partial charge in [0.15, 0.2) is 0 Å². The Labute approximate surface area is 205 Å². The molecule has 0 heterocycles. The number of nitrogens with zero attached hydrogens (tertiary/aromatic N) is 1. The van der Waals surface area contributed by atoms with Gasteiger partial charge in [-0.15, -0.1) is 0 Å². The van der Waals surface area contributed by atoms with Gasteiger partial charge in [0.2, 0.25) is 0 Å². The molecule has 0 bridgehead atoms. The minimum atomic E-state index is -6.17. The van der Waals surface area contributed by atoms with Gasteiger partial charge in [-0.1, -0.05) is 12.1 Å². The molecule has 0 aliphatic carbocycles. The van der Waals surface area contributed by atoms with Crippen molar-refractivity contribution in [3.05, 3.63) is 57.6 Å². The maximum absolute atomic E-state index is 13.4. The number of phenolic OH excluding ortho intramolecular Hbond substituents is 1. The molecule has 0 aliphatic rings. The normalized spacial score (nSPS) is 13.0. The van der Waals surface area contributed by atoms with E-state index in [0.29, 0.717) is 0 Å². The Morgan fingerprint density at radius 2 is 1.17 bits per heavy atom. The van der Waals surface area contributed by atoms with Crippen LogP contribution in [0.2, 0.25) is 0 Å². The minimum absolute atomic E-state index is 0.0565. The SMILES string of the molecule is Cc1cccc(C=Nc2c(C(F)(F)F)c(C(F)(F)F)cc(C(F)(F)F)c2C(F)(F)F)c1O.[Cl][Ti][Cl]. The van der Waals surface area contributed by atoms with Crippen LogP contribution in [0.15, 0.2) is 29.3 Å². The number of alkyl halides is 12. The van der Waals surface area contributed by atoms with Crippen molar-refractivity contribution >= 4 is 30.5 Å². The first-order valence-electron chi connectivity index (χ1n) is 8.46. The van der Waals surface area contributed by atoms with Crippen LogP contribution < -0.4 is 0 Å². The van der Waals surface area contributed by atoms with Gasteiger partial charge in [0.25, 0.3) is 0 Å². The van der Waals surface area contributed by atoms with E-state index in [1.54, 1.807) is 0 Å². The summed E-state index contributed by atoms with van der Waals surface area (Å²) in [6, 6.07) is 2.11. The summed E-state index contributed by atoms with van der Waals surface area (Å²) in [6.45, 7) is 1.26. The van der Waals surface area contributed by atoms with E-state index >= 15 is 0 Å². The van der Waals surface area contributed by atoms with Crippen molar-refractivity contribution < 1.29 is 74.8 Å². The Morgan fingerprint density at radius 3 is 1.51 bits per heavy atom. The van der Waals surface area contributed by atoms with Crippen molar-refractivity contribution in [3.63, 3.8) is 0 Å². The summed E-state index contributed by atoms with van der Waals surface area (Å²) >= 11 is -0.556. The van der Waals surface area contributed by atoms with Gasteiger partial charge in [-0.05, 0) is 24.6 Å². The van der Waals surface area contributed by atoms with Gasteiger partial charge in [0.1, 0.15) is 5.75 Å². The number of hydrogen-bond donors (Lipinski definition) is 1. The summed E-state index contributed by atoms with van der Waals surface area (Å²) in [5.41, 5.74) is -15.2. The fourth-order valence-electron chi connectivity index (χ4n) is 2.74. The molecule has 2 rings (SSSR count). The molecule has 194 valence electrons. The van der Waals surface area contributed by atoms with Gasteiger partial charge >= 0.3 is 60.3 Å². The number of aliphatic imine (C=N–C) groups is 1. The fraction of sp³-hybridized carbons (Fsp3) is 0.278. The number of para-hydroxylation sites is 1. The Balaban J connectivity index is 0.00000194. The third-order valence-electron chi connectivity index (χ3n) is 4.08. The first kappa shape index (κ1) is 31.4. The summed E-state index contributed by atoms with van der Waals surface area (Å²) in [6.07, 6.45) is -24.4. The molecule has 0 radical (unpaired) electrons. The van der Waals surface area contributed by atoms with Gasteiger partial charge in [0.05, 0.1) is 27.9 Å². The molecule has 0 spiro atoms. The van der Waals surface area contributed by atoms with E-state index in [1.165, 1.54) is 19.1 Å². The van der Waals surface area contributed by atoms with E-state index in [0.717, 1.165) is 6.07 Å². The summed E-state index contributed by atoms with van der Waals surface area (Å²) in [5, 5.41) is 9.81. The molecule has 35 heavy (non-hydrogen) atoms. The molecule has 1 N–H and O–H groups in total. The van der Waals surface area contributed by atoms with Crippen molar-refractivity contribution in [1.82, 2.24) is 0 Å². The molecule has 17 heteroatoms. The van der Waals surface area contributed by atoms with Crippen molar-refractivity contribution in [2.24, 2.45) is 4.99 Å². The second-order valence-electron chi connectivity index (χ2n) is 6.40. The number of rotatable bonds is 2. The molecule has 0 saturated carbocycles. The van der Waals surface area contributed by atoms with E-state index in [1.807, 2.05) is 0 Å². The first-order valence-corrected chi connectivity index (χ1v) is 12.8. The van der Waals surface area contributed by atoms with E-state index in [9.17, 15) is 57.8 Å². The fourth-order valence-corrected chi connectivity index (χ4v) is 2.74. The Morgan fingerprint density at radius 1 is 0.771 bits per heavy atom. The Kier molecular flexibility index (Phi) is 10.0. The molecule has 0 atom stereocenters. The molecule has 0 aliphatic heterocycles. The molecule has 2 aromatic rings. The summed E-state index contributed by atoms with van der Waals surface area (Å²) in [5.74, 6) is -0.707. The van der Waals surface area contributed by atoms with Crippen molar-refractivity contribution in [1.29, 1.82) is 0 Å². The van der Waals surface area contributed by atoms with E-state index < -0.39 is 87.1 Å². The second kappa shape index (κ2) is 11.2. The molecule has 0 amide bonds. The summed E-state index contributed by atoms with van der Waals surface area (Å²) < 4.78 is 160. The zero-order chi connectivity index (χ0) is 27.6. The predicted octanol–water partition coefficient (Wildman–Crippen LogP) is 8.90. The van der Waals surface area contributed by atoms with Crippen LogP contribution in [-0.4, -0.2) is 11.3 Å². The van der Waals surface area contributed by atoms with Crippen LogP contribution in [0.1, 0.15) is 33.4 Å². The number of halogens is 14. The molecule has 2 nitrogen and oxygen atoms in total. The van der Waals surface area contributed by atoms with Crippen molar-refractivity contribution in [2.45, 2.75) is 31.6 Å². The van der Waals surface area contributed by atoms with E-state index in [2.05, 4.69) is 4.99 Å². The third-order valence-corrected chi connectivity index (χ3v) is 4.08. The molecule has 0 saturated heterocycles. The predicted molar refractivity (Wildman–Crippen MR) is 98.3 cm³/mol. The van der Waals surface area contributed by atoms with Crippen LogP contribution in [0.5, 0.6) is 5.75 Å². The van der Waals surface area contributed by atoms with Gasteiger partial charge in [-0.3, -0.25) is 4.99 Å². The molecule has 2 aromatic carbocycles. The average molecular weight is 602 g/mol. The van der Waals surface area contributed by atoms with Crippen LogP contribution in [-0.2, 0) is 41.7 Å². The zero-order valence-corrected chi connectivity index (χ0v) is 19.6. The Hall–Kier alpha value is -1.64. The Bertz CT molecular complexity index is 1030. The quantitative estimate of drug-likeness (QED) is 0.208. The van der Waals surface area contributed by atoms with Crippen molar-refractivity contribution in [2.75, 3.05) is 0 Å². The number of hydrogen-bond acceptors (Lipinski definition) is 2. The molecular weight excluding hydrogens is 593 g/mol. The zero-order valence-electron chi connectivity index (χ0n) is 16.6. The number of aromatic hydroxyl groups is 1. The average Bonchev–Trinajstić information content (AvgIpc) is 2.65. The maximum atomic E-state index is 13.4. The van der Waals surface area contributed by atoms with Crippen LogP contribution in [0.25, 0.3) is 0 Å². The summed E-state index contributed by atoms with van der Waals surface area (Å²) in [7, 11) is 9.78. The molecule has 0 fully saturated rings. The van der Waals surface area contributed by atoms with Crippen LogP contribution in [0.4, 0.5) is 58.4 Å². The summed E-state index contributed by atoms with van der Waals surface area (Å²) in [4.78, 5) is 2.73. The molecular formula is C18H9Cl2F12NOTi. The van der Waals surface area contributed by atoms with Gasteiger partial charge in [-0.25, -0.2) is 0 Å². The first-order chi connectivity index (χ1) is 15.7. The van der Waals surface area contributed by atoms with Crippen LogP contribution >= 0.6 is 18.6 Å². The van der Waals surface area contributed by atoms with Gasteiger partial charge < -0.3 is 5.11 Å². The standard InChI is InChI=1S/C18H9F12NO.2ClH.Ti/c1-7-3-2-4-8(14(7)32)6-31-13-11(17(25,26)27)9(15(19,20)21)5-10(16(22,23)24)12(13)18(28,29)30;;;/h2-6,32H,1H3;2*1H;/q;;;+2/p-2. The third kappa shape index (κ3) is 7.92. The van der Waals surface area contributed by atoms with Crippen LogP contribution in [0, 0.1) is 6.92 Å². The molecule has 0 aromatic heterocycles. The number of aryl methyl sites for hydroxylation is 1. The number of phenols is 1. The monoisotopic (exact) mass is 601 g/mol. The van der Waals surface area contributed by atoms with E-state index in [4.69, 9.17) is 18.6 Å². The van der Waals surface area contributed by atoms with Gasteiger partial charge in [0, 0.05) is 11.8 Å². The van der Waals surface area contributed by atoms with E-state index in [-0.39, 0.29) is 11.8 Å². The second-order valence-corrected chi connectivity index (χ2v) is 8.98. The van der Waals surface area contributed by atoms with Gasteiger partial charge in [-0.2, -0.15) is 52.7 Å².